The number of methoxy groups -OCH3 is 1. The molecule has 5 rings (SSSR count). The van der Waals surface area contributed by atoms with Gasteiger partial charge in [0.25, 0.3) is 5.91 Å². The quantitative estimate of drug-likeness (QED) is 0.131. The summed E-state index contributed by atoms with van der Waals surface area (Å²) in [6.45, 7) is 12.5. The number of aromatic hydroxyl groups is 1. The molecule has 4 aliphatic rings. The lowest BCUT2D eigenvalue weighted by atomic mass is 9.74. The Hall–Kier alpha value is -5.33. The number of aliphatic hydroxyl groups is 5. The monoisotopic (exact) mass is 827 g/mol. The molecule has 17 nitrogen and oxygen atoms in total. The van der Waals surface area contributed by atoms with Crippen molar-refractivity contribution in [3.8, 4) is 11.5 Å². The number of amides is 1. The molecule has 9 atom stereocenters. The van der Waals surface area contributed by atoms with E-state index in [0.29, 0.717) is 0 Å². The lowest BCUT2D eigenvalue weighted by Gasteiger charge is -2.41. The Kier molecular flexibility index (Phi) is 13.7. The van der Waals surface area contributed by atoms with E-state index in [0.717, 1.165) is 27.0 Å². The lowest BCUT2D eigenvalue weighted by Crippen LogP contribution is -2.55. The number of allylic oxidation sites excluding steroid dienone is 5. The van der Waals surface area contributed by atoms with Gasteiger partial charge < -0.3 is 59.6 Å². The Morgan fingerprint density at radius 3 is 2.03 bits per heavy atom. The number of benzene rings is 1. The molecule has 7 N–H and O–H groups in total. The fraction of sp³-hybridized carbons (Fsp3) is 0.500. The maximum atomic E-state index is 14.0. The van der Waals surface area contributed by atoms with Crippen LogP contribution in [0.5, 0.6) is 11.5 Å². The van der Waals surface area contributed by atoms with Crippen LogP contribution in [0.2, 0.25) is 0 Å². The van der Waals surface area contributed by atoms with E-state index in [1.165, 1.54) is 73.6 Å². The van der Waals surface area contributed by atoms with Crippen molar-refractivity contribution in [2.75, 3.05) is 19.2 Å². The molecule has 322 valence electrons. The molecule has 59 heavy (non-hydrogen) atoms. The normalized spacial score (nSPS) is 33.0. The van der Waals surface area contributed by atoms with Crippen LogP contribution in [-0.2, 0) is 38.1 Å². The van der Waals surface area contributed by atoms with E-state index < -0.39 is 95.5 Å². The molecule has 3 aliphatic heterocycles. The minimum atomic E-state index is -2.26. The fourth-order valence-corrected chi connectivity index (χ4v) is 7.66. The topological polar surface area (TPSA) is 265 Å². The Labute approximate surface area is 341 Å². The standard InChI is InChI=1S/C42H53NO16/c1-17-13-12-14-41(9,53)37(49)21(5)31(47)28(40(52)55-11)36(59-24(8)45)22(6)38(50)42(10,54)15-18(2)33-27-25-26(30(46)20(4)34(27)57-16-56-33)32(48)29(43-39(17)51)19(3)35(25)58-23(7)44/h12-15,21-22,28,31,36-38,47-50,53-54H,16H2,1-11H3,(H,43,51)/b14-12-,17-13+,18-15-. The van der Waals surface area contributed by atoms with Crippen molar-refractivity contribution in [2.24, 2.45) is 17.8 Å². The predicted octanol–water partition coefficient (Wildman–Crippen LogP) is 2.79. The number of phenols is 1. The van der Waals surface area contributed by atoms with Crippen LogP contribution in [0.25, 0.3) is 5.57 Å². The number of rotatable bonds is 3. The summed E-state index contributed by atoms with van der Waals surface area (Å²) in [5.74, 6) is -9.89. The van der Waals surface area contributed by atoms with Gasteiger partial charge in [0.15, 0.2) is 11.5 Å². The van der Waals surface area contributed by atoms with Crippen molar-refractivity contribution >= 4 is 40.9 Å². The van der Waals surface area contributed by atoms with Crippen LogP contribution in [0.15, 0.2) is 52.5 Å². The second kappa shape index (κ2) is 17.5. The van der Waals surface area contributed by atoms with E-state index in [-0.39, 0.29) is 61.9 Å². The first-order valence-corrected chi connectivity index (χ1v) is 18.8. The summed E-state index contributed by atoms with van der Waals surface area (Å²) in [6.07, 6.45) is -2.49. The highest BCUT2D eigenvalue weighted by molar-refractivity contribution is 6.21. The molecule has 9 unspecified atom stereocenters. The van der Waals surface area contributed by atoms with Crippen molar-refractivity contribution in [3.63, 3.8) is 0 Å². The van der Waals surface area contributed by atoms with E-state index in [1.54, 1.807) is 0 Å². The highest BCUT2D eigenvalue weighted by Crippen LogP contribution is 2.53. The fourth-order valence-electron chi connectivity index (χ4n) is 7.66. The summed E-state index contributed by atoms with van der Waals surface area (Å²) < 4.78 is 27.9. The molecular formula is C42H53NO16. The number of fused-ring (bicyclic) bond motifs is 14. The number of anilines is 1. The zero-order chi connectivity index (χ0) is 44.6. The number of carbonyl (C=O) groups excluding carboxylic acids is 5. The van der Waals surface area contributed by atoms with Gasteiger partial charge in [0, 0.05) is 48.0 Å². The van der Waals surface area contributed by atoms with Crippen molar-refractivity contribution in [1.29, 1.82) is 0 Å². The molecule has 1 aliphatic carbocycles. The van der Waals surface area contributed by atoms with Gasteiger partial charge in [0.1, 0.15) is 40.5 Å². The smallest absolute Gasteiger partial charge is 0.315 e. The van der Waals surface area contributed by atoms with Crippen LogP contribution >= 0.6 is 0 Å². The number of nitrogens with one attached hydrogen (secondary N) is 1. The van der Waals surface area contributed by atoms with Gasteiger partial charge in [-0.05, 0) is 53.2 Å². The van der Waals surface area contributed by atoms with Gasteiger partial charge in [-0.25, -0.2) is 0 Å². The maximum absolute atomic E-state index is 14.0. The van der Waals surface area contributed by atoms with Crippen molar-refractivity contribution in [3.05, 3.63) is 69.2 Å². The van der Waals surface area contributed by atoms with Crippen molar-refractivity contribution in [2.45, 2.75) is 105 Å². The van der Waals surface area contributed by atoms with Crippen LogP contribution in [0.3, 0.4) is 0 Å². The first-order chi connectivity index (χ1) is 27.3. The second-order valence-corrected chi connectivity index (χ2v) is 15.6. The average molecular weight is 828 g/mol. The second-order valence-electron chi connectivity index (χ2n) is 15.6. The zero-order valence-corrected chi connectivity index (χ0v) is 34.8. The molecular weight excluding hydrogens is 774 g/mol. The maximum Gasteiger partial charge on any atom is 0.315 e. The van der Waals surface area contributed by atoms with Crippen molar-refractivity contribution in [1.82, 2.24) is 0 Å². The van der Waals surface area contributed by atoms with E-state index in [2.05, 4.69) is 5.32 Å². The van der Waals surface area contributed by atoms with Crippen LogP contribution in [0, 0.1) is 24.7 Å². The van der Waals surface area contributed by atoms with Gasteiger partial charge in [0.2, 0.25) is 6.79 Å². The molecule has 3 heterocycles. The van der Waals surface area contributed by atoms with Gasteiger partial charge in [-0.3, -0.25) is 24.0 Å². The van der Waals surface area contributed by atoms with Gasteiger partial charge >= 0.3 is 17.9 Å². The molecule has 0 aromatic heterocycles. The Balaban J connectivity index is 2.12. The van der Waals surface area contributed by atoms with Gasteiger partial charge in [-0.1, -0.05) is 32.1 Å². The third kappa shape index (κ3) is 8.99. The summed E-state index contributed by atoms with van der Waals surface area (Å²) >= 11 is 0. The SMILES string of the molecule is COC(=O)C1C(O)C(C)C(O)C(C)(O)/C=C\C=C(/C)C(=O)Nc2c(C)c(OC(C)=O)c3c(c2O)C(=O)C(C)=C2OCOC(=C23)/C(C)=C\C(C)(O)C(O)C(C)C1OC(C)=O. The summed E-state index contributed by atoms with van der Waals surface area (Å²) in [5, 5.41) is 72.5. The minimum Gasteiger partial charge on any atom is -0.505 e. The molecule has 0 radical (unpaired) electrons. The minimum absolute atomic E-state index is 0.00133. The molecule has 1 aromatic rings. The number of aliphatic hydroxyl groups excluding tert-OH is 3. The Bertz CT molecular complexity index is 2090. The number of ketones is 1. The number of carbonyl (C=O) groups is 5. The summed E-state index contributed by atoms with van der Waals surface area (Å²) in [7, 11) is 1.01. The van der Waals surface area contributed by atoms with E-state index in [1.807, 2.05) is 0 Å². The van der Waals surface area contributed by atoms with Crippen molar-refractivity contribution < 1.29 is 78.3 Å². The number of hydrogen-bond donors (Lipinski definition) is 7. The highest BCUT2D eigenvalue weighted by Gasteiger charge is 2.50. The molecule has 0 saturated heterocycles. The predicted molar refractivity (Wildman–Crippen MR) is 209 cm³/mol. The summed E-state index contributed by atoms with van der Waals surface area (Å²) in [4.78, 5) is 66.1. The summed E-state index contributed by atoms with van der Waals surface area (Å²) in [6, 6.07) is 0. The largest absolute Gasteiger partial charge is 0.505 e. The highest BCUT2D eigenvalue weighted by atomic mass is 16.7. The first kappa shape index (κ1) is 46.4. The molecule has 1 aromatic carbocycles. The third-order valence-corrected chi connectivity index (χ3v) is 10.9. The number of ether oxygens (including phenoxy) is 5. The Morgan fingerprint density at radius 2 is 1.46 bits per heavy atom. The number of esters is 3. The number of phenolic OH excluding ortho intramolecular Hbond substituents is 1. The van der Waals surface area contributed by atoms with Gasteiger partial charge in [0.05, 0.1) is 42.2 Å². The molecule has 0 fully saturated rings. The molecule has 0 saturated carbocycles. The van der Waals surface area contributed by atoms with E-state index >= 15 is 0 Å². The van der Waals surface area contributed by atoms with Gasteiger partial charge in [-0.15, -0.1) is 0 Å². The first-order valence-electron chi connectivity index (χ1n) is 18.8. The van der Waals surface area contributed by atoms with Gasteiger partial charge in [-0.2, -0.15) is 0 Å². The van der Waals surface area contributed by atoms with Crippen LogP contribution in [0.4, 0.5) is 5.69 Å². The number of hydrogen-bond acceptors (Lipinski definition) is 16. The number of Topliss-reactive ketones (excluding diaryl/α,β-unsaturated/α-hetero) is 1. The molecule has 17 heteroatoms. The Morgan fingerprint density at radius 1 is 0.864 bits per heavy atom. The average Bonchev–Trinajstić information content (AvgIpc) is 3.16. The molecule has 0 spiro atoms. The van der Waals surface area contributed by atoms with E-state index in [4.69, 9.17) is 23.7 Å². The lowest BCUT2D eigenvalue weighted by molar-refractivity contribution is -0.183. The third-order valence-electron chi connectivity index (χ3n) is 10.9. The summed E-state index contributed by atoms with van der Waals surface area (Å²) in [5.41, 5.74) is -5.03. The van der Waals surface area contributed by atoms with Crippen LogP contribution in [-0.4, -0.2) is 110 Å². The van der Waals surface area contributed by atoms with E-state index in [9.17, 15) is 54.6 Å². The van der Waals surface area contributed by atoms with Crippen LogP contribution < -0.4 is 10.1 Å². The molecule has 4 bridgehead atoms. The van der Waals surface area contributed by atoms with Crippen LogP contribution in [0.1, 0.15) is 83.8 Å². The molecule has 1 amide bonds. The zero-order valence-electron chi connectivity index (χ0n) is 34.8.